The van der Waals surface area contributed by atoms with Gasteiger partial charge in [0.25, 0.3) is 0 Å². The van der Waals surface area contributed by atoms with E-state index in [2.05, 4.69) is 25.7 Å². The van der Waals surface area contributed by atoms with Gasteiger partial charge >= 0.3 is 6.03 Å². The molecule has 7 heteroatoms. The zero-order chi connectivity index (χ0) is 16.8. The first-order valence-electron chi connectivity index (χ1n) is 7.56. The van der Waals surface area contributed by atoms with E-state index >= 15 is 0 Å². The van der Waals surface area contributed by atoms with Crippen LogP contribution in [-0.2, 0) is 20.1 Å². The second-order valence-electron chi connectivity index (χ2n) is 5.31. The van der Waals surface area contributed by atoms with Gasteiger partial charge in [-0.3, -0.25) is 14.6 Å². The van der Waals surface area contributed by atoms with Crippen molar-refractivity contribution in [1.82, 2.24) is 30.4 Å². The molecular formula is C17H18N6O. The number of carbonyl (C=O) groups is 1. The molecule has 3 heterocycles. The number of nitrogens with one attached hydrogen (secondary N) is 2. The summed E-state index contributed by atoms with van der Waals surface area (Å²) in [7, 11) is 1.87. The van der Waals surface area contributed by atoms with Crippen molar-refractivity contribution in [3.63, 3.8) is 0 Å². The van der Waals surface area contributed by atoms with E-state index in [-0.39, 0.29) is 6.03 Å². The van der Waals surface area contributed by atoms with Crippen LogP contribution in [0.3, 0.4) is 0 Å². The number of carbonyl (C=O) groups excluding carboxylic acids is 1. The molecule has 3 rings (SSSR count). The highest BCUT2D eigenvalue weighted by atomic mass is 16.2. The van der Waals surface area contributed by atoms with Crippen molar-refractivity contribution < 1.29 is 4.79 Å². The van der Waals surface area contributed by atoms with Gasteiger partial charge in [-0.1, -0.05) is 12.1 Å². The molecule has 3 aromatic rings. The zero-order valence-electron chi connectivity index (χ0n) is 13.3. The SMILES string of the molecule is Cn1cc(-c2ccc(CNC(=O)NCc3ccccn3)cn2)cn1. The van der Waals surface area contributed by atoms with Crippen molar-refractivity contribution in [2.45, 2.75) is 13.1 Å². The van der Waals surface area contributed by atoms with Gasteiger partial charge in [0.1, 0.15) is 0 Å². The van der Waals surface area contributed by atoms with Crippen LogP contribution in [0.5, 0.6) is 0 Å². The summed E-state index contributed by atoms with van der Waals surface area (Å²) in [5.41, 5.74) is 3.56. The average molecular weight is 322 g/mol. The highest BCUT2D eigenvalue weighted by Crippen LogP contribution is 2.15. The Morgan fingerprint density at radius 3 is 2.62 bits per heavy atom. The van der Waals surface area contributed by atoms with E-state index in [9.17, 15) is 4.79 Å². The fraction of sp³-hybridized carbons (Fsp3) is 0.176. The molecule has 0 saturated carbocycles. The van der Waals surface area contributed by atoms with E-state index in [4.69, 9.17) is 0 Å². The smallest absolute Gasteiger partial charge is 0.315 e. The monoisotopic (exact) mass is 322 g/mol. The van der Waals surface area contributed by atoms with Crippen LogP contribution in [0.4, 0.5) is 4.79 Å². The summed E-state index contributed by atoms with van der Waals surface area (Å²) in [6, 6.07) is 9.20. The highest BCUT2D eigenvalue weighted by Gasteiger charge is 2.04. The summed E-state index contributed by atoms with van der Waals surface area (Å²) in [6.07, 6.45) is 7.13. The molecule has 2 N–H and O–H groups in total. The van der Waals surface area contributed by atoms with Crippen molar-refractivity contribution in [1.29, 1.82) is 0 Å². The molecule has 7 nitrogen and oxygen atoms in total. The van der Waals surface area contributed by atoms with Gasteiger partial charge < -0.3 is 10.6 Å². The number of nitrogens with zero attached hydrogens (tertiary/aromatic N) is 4. The number of hydrogen-bond donors (Lipinski definition) is 2. The maximum atomic E-state index is 11.8. The van der Waals surface area contributed by atoms with Crippen LogP contribution >= 0.6 is 0 Å². The van der Waals surface area contributed by atoms with Crippen LogP contribution in [-0.4, -0.2) is 25.8 Å². The Balaban J connectivity index is 1.48. The Morgan fingerprint density at radius 1 is 1.08 bits per heavy atom. The van der Waals surface area contributed by atoms with Crippen molar-refractivity contribution in [3.8, 4) is 11.3 Å². The molecule has 0 atom stereocenters. The summed E-state index contributed by atoms with van der Waals surface area (Å²) in [5.74, 6) is 0. The number of aryl methyl sites for hydroxylation is 1. The summed E-state index contributed by atoms with van der Waals surface area (Å²) < 4.78 is 1.73. The standard InChI is InChI=1S/C17H18N6O/c1-23-12-14(10-22-23)16-6-5-13(8-19-16)9-20-17(24)21-11-15-4-2-3-7-18-15/h2-8,10,12H,9,11H2,1H3,(H2,20,21,24). The van der Waals surface area contributed by atoms with Crippen LogP contribution in [0.1, 0.15) is 11.3 Å². The summed E-state index contributed by atoms with van der Waals surface area (Å²) >= 11 is 0. The molecule has 0 unspecified atom stereocenters. The molecule has 0 saturated heterocycles. The average Bonchev–Trinajstić information content (AvgIpc) is 3.06. The van der Waals surface area contributed by atoms with Crippen molar-refractivity contribution >= 4 is 6.03 Å². The second-order valence-corrected chi connectivity index (χ2v) is 5.31. The van der Waals surface area contributed by atoms with Crippen LogP contribution in [0, 0.1) is 0 Å². The molecule has 0 spiro atoms. The minimum absolute atomic E-state index is 0.239. The zero-order valence-corrected chi connectivity index (χ0v) is 13.3. The lowest BCUT2D eigenvalue weighted by Gasteiger charge is -2.07. The van der Waals surface area contributed by atoms with Crippen LogP contribution < -0.4 is 10.6 Å². The van der Waals surface area contributed by atoms with E-state index in [1.807, 2.05) is 43.6 Å². The third-order valence-electron chi connectivity index (χ3n) is 3.43. The molecule has 0 aromatic carbocycles. The predicted octanol–water partition coefficient (Wildman–Crippen LogP) is 1.88. The molecular weight excluding hydrogens is 304 g/mol. The van der Waals surface area contributed by atoms with Gasteiger partial charge in [0.15, 0.2) is 0 Å². The summed E-state index contributed by atoms with van der Waals surface area (Å²) in [6.45, 7) is 0.805. The van der Waals surface area contributed by atoms with E-state index in [1.165, 1.54) is 0 Å². The van der Waals surface area contributed by atoms with Crippen LogP contribution in [0.2, 0.25) is 0 Å². The molecule has 0 bridgehead atoms. The molecule has 0 fully saturated rings. The third-order valence-corrected chi connectivity index (χ3v) is 3.43. The lowest BCUT2D eigenvalue weighted by Crippen LogP contribution is -2.34. The number of rotatable bonds is 5. The highest BCUT2D eigenvalue weighted by molar-refractivity contribution is 5.73. The van der Waals surface area contributed by atoms with Gasteiger partial charge in [0, 0.05) is 37.7 Å². The topological polar surface area (TPSA) is 84.7 Å². The van der Waals surface area contributed by atoms with Gasteiger partial charge in [-0.15, -0.1) is 0 Å². The first kappa shape index (κ1) is 15.7. The maximum Gasteiger partial charge on any atom is 0.315 e. The van der Waals surface area contributed by atoms with Gasteiger partial charge in [0.05, 0.1) is 24.1 Å². The molecule has 122 valence electrons. The molecule has 0 aliphatic rings. The fourth-order valence-electron chi connectivity index (χ4n) is 2.17. The van der Waals surface area contributed by atoms with Crippen molar-refractivity contribution in [2.24, 2.45) is 7.05 Å². The summed E-state index contributed by atoms with van der Waals surface area (Å²) in [5, 5.41) is 9.69. The molecule has 0 aliphatic carbocycles. The Kier molecular flexibility index (Phi) is 4.81. The number of aromatic nitrogens is 4. The molecule has 2 amide bonds. The van der Waals surface area contributed by atoms with Crippen LogP contribution in [0.15, 0.2) is 55.1 Å². The predicted molar refractivity (Wildman–Crippen MR) is 89.8 cm³/mol. The van der Waals surface area contributed by atoms with E-state index < -0.39 is 0 Å². The Morgan fingerprint density at radius 2 is 1.96 bits per heavy atom. The van der Waals surface area contributed by atoms with Gasteiger partial charge in [0.2, 0.25) is 0 Å². The molecule has 0 aliphatic heterocycles. The van der Waals surface area contributed by atoms with E-state index in [0.717, 1.165) is 22.5 Å². The van der Waals surface area contributed by atoms with Crippen LogP contribution in [0.25, 0.3) is 11.3 Å². The lowest BCUT2D eigenvalue weighted by molar-refractivity contribution is 0.240. The van der Waals surface area contributed by atoms with Gasteiger partial charge in [-0.05, 0) is 23.8 Å². The molecule has 3 aromatic heterocycles. The maximum absolute atomic E-state index is 11.8. The fourth-order valence-corrected chi connectivity index (χ4v) is 2.17. The largest absolute Gasteiger partial charge is 0.334 e. The van der Waals surface area contributed by atoms with E-state index in [0.29, 0.717) is 13.1 Å². The normalized spacial score (nSPS) is 10.4. The van der Waals surface area contributed by atoms with Gasteiger partial charge in [-0.25, -0.2) is 4.79 Å². The second kappa shape index (κ2) is 7.36. The Hall–Kier alpha value is -3.22. The lowest BCUT2D eigenvalue weighted by atomic mass is 10.2. The number of pyridine rings is 2. The molecule has 24 heavy (non-hydrogen) atoms. The first-order valence-corrected chi connectivity index (χ1v) is 7.56. The molecule has 0 radical (unpaired) electrons. The van der Waals surface area contributed by atoms with Crippen molar-refractivity contribution in [3.05, 3.63) is 66.4 Å². The Labute approximate surface area is 139 Å². The Bertz CT molecular complexity index is 797. The first-order chi connectivity index (χ1) is 11.7. The quantitative estimate of drug-likeness (QED) is 0.751. The number of amides is 2. The van der Waals surface area contributed by atoms with E-state index in [1.54, 1.807) is 23.3 Å². The van der Waals surface area contributed by atoms with Crippen molar-refractivity contribution in [2.75, 3.05) is 0 Å². The number of hydrogen-bond acceptors (Lipinski definition) is 4. The minimum Gasteiger partial charge on any atom is -0.334 e. The minimum atomic E-state index is -0.239. The number of urea groups is 1. The summed E-state index contributed by atoms with van der Waals surface area (Å²) in [4.78, 5) is 20.3. The van der Waals surface area contributed by atoms with Gasteiger partial charge in [-0.2, -0.15) is 5.10 Å². The third kappa shape index (κ3) is 4.16.